The van der Waals surface area contributed by atoms with E-state index in [9.17, 15) is 0 Å². The van der Waals surface area contributed by atoms with Crippen LogP contribution in [0.1, 0.15) is 31.9 Å². The minimum absolute atomic E-state index is 0.120. The molecular weight excluding hydrogens is 278 g/mol. The molecule has 1 heteroatoms. The van der Waals surface area contributed by atoms with Crippen molar-refractivity contribution in [3.05, 3.63) is 78.0 Å². The fourth-order valence-corrected chi connectivity index (χ4v) is 2.87. The van der Waals surface area contributed by atoms with Crippen LogP contribution in [0.3, 0.4) is 0 Å². The predicted molar refractivity (Wildman–Crippen MR) is 98.5 cm³/mol. The summed E-state index contributed by atoms with van der Waals surface area (Å²) < 4.78 is 0. The molecule has 1 aromatic heterocycles. The van der Waals surface area contributed by atoms with Gasteiger partial charge in [-0.15, -0.1) is 0 Å². The molecule has 0 aliphatic rings. The van der Waals surface area contributed by atoms with Gasteiger partial charge in [0, 0.05) is 11.8 Å². The average molecular weight is 301 g/mol. The third kappa shape index (κ3) is 3.34. The van der Waals surface area contributed by atoms with Crippen molar-refractivity contribution >= 4 is 0 Å². The molecule has 0 aliphatic carbocycles. The zero-order valence-corrected chi connectivity index (χ0v) is 14.3. The molecule has 0 spiro atoms. The van der Waals surface area contributed by atoms with Crippen molar-refractivity contribution < 1.29 is 0 Å². The molecule has 116 valence electrons. The van der Waals surface area contributed by atoms with E-state index in [1.165, 1.54) is 22.3 Å². The maximum Gasteiger partial charge on any atom is 0.0702 e. The Balaban J connectivity index is 2.09. The summed E-state index contributed by atoms with van der Waals surface area (Å²) in [6, 6.07) is 21.5. The van der Waals surface area contributed by atoms with E-state index in [2.05, 4.69) is 93.3 Å². The molecule has 0 unspecified atom stereocenters. The van der Waals surface area contributed by atoms with Crippen LogP contribution in [-0.2, 0) is 5.41 Å². The zero-order valence-electron chi connectivity index (χ0n) is 14.3. The van der Waals surface area contributed by atoms with E-state index in [1.807, 2.05) is 6.20 Å². The Bertz CT molecular complexity index is 808. The van der Waals surface area contributed by atoms with Gasteiger partial charge in [-0.1, -0.05) is 69.3 Å². The summed E-state index contributed by atoms with van der Waals surface area (Å²) in [5.41, 5.74) is 7.40. The number of hydrogen-bond donors (Lipinski definition) is 0. The maximum atomic E-state index is 4.55. The normalized spacial score (nSPS) is 11.5. The van der Waals surface area contributed by atoms with Crippen molar-refractivity contribution in [3.63, 3.8) is 0 Å². The summed E-state index contributed by atoms with van der Waals surface area (Å²) in [6.07, 6.45) is 1.92. The van der Waals surface area contributed by atoms with Crippen molar-refractivity contribution in [2.45, 2.75) is 33.1 Å². The first kappa shape index (κ1) is 15.5. The van der Waals surface area contributed by atoms with Gasteiger partial charge in [-0.3, -0.25) is 4.98 Å². The lowest BCUT2D eigenvalue weighted by Gasteiger charge is -2.23. The van der Waals surface area contributed by atoms with Crippen LogP contribution in [0.25, 0.3) is 22.4 Å². The predicted octanol–water partition coefficient (Wildman–Crippen LogP) is 6.02. The molecule has 1 heterocycles. The molecule has 0 aliphatic heterocycles. The maximum absolute atomic E-state index is 4.55. The summed E-state index contributed by atoms with van der Waals surface area (Å²) in [5.74, 6) is 0. The summed E-state index contributed by atoms with van der Waals surface area (Å²) >= 11 is 0. The molecular formula is C22H23N. The Hall–Kier alpha value is -2.41. The molecule has 0 saturated heterocycles. The SMILES string of the molecule is Cc1ccc(-c2cccc(-c3ccccc3C(C)(C)C)c2)nc1. The van der Waals surface area contributed by atoms with Crippen molar-refractivity contribution in [1.29, 1.82) is 0 Å². The summed E-state index contributed by atoms with van der Waals surface area (Å²) in [6.45, 7) is 8.85. The first-order chi connectivity index (χ1) is 10.9. The summed E-state index contributed by atoms with van der Waals surface area (Å²) in [5, 5.41) is 0. The molecule has 0 fully saturated rings. The monoisotopic (exact) mass is 301 g/mol. The molecule has 0 radical (unpaired) electrons. The second-order valence-electron chi connectivity index (χ2n) is 7.10. The lowest BCUT2D eigenvalue weighted by molar-refractivity contribution is 0.592. The molecule has 23 heavy (non-hydrogen) atoms. The third-order valence-electron chi connectivity index (χ3n) is 4.12. The molecule has 0 atom stereocenters. The van der Waals surface area contributed by atoms with Crippen molar-refractivity contribution in [3.8, 4) is 22.4 Å². The Morgan fingerprint density at radius 1 is 0.783 bits per heavy atom. The van der Waals surface area contributed by atoms with Crippen LogP contribution in [0.5, 0.6) is 0 Å². The van der Waals surface area contributed by atoms with Gasteiger partial charge in [-0.25, -0.2) is 0 Å². The number of pyridine rings is 1. The van der Waals surface area contributed by atoms with Crippen molar-refractivity contribution in [2.75, 3.05) is 0 Å². The van der Waals surface area contributed by atoms with E-state index >= 15 is 0 Å². The van der Waals surface area contributed by atoms with Crippen LogP contribution < -0.4 is 0 Å². The summed E-state index contributed by atoms with van der Waals surface area (Å²) in [7, 11) is 0. The van der Waals surface area contributed by atoms with Gasteiger partial charge in [0.2, 0.25) is 0 Å². The molecule has 0 saturated carbocycles. The first-order valence-corrected chi connectivity index (χ1v) is 8.08. The smallest absolute Gasteiger partial charge is 0.0702 e. The number of hydrogen-bond acceptors (Lipinski definition) is 1. The number of nitrogens with zero attached hydrogens (tertiary/aromatic N) is 1. The fourth-order valence-electron chi connectivity index (χ4n) is 2.87. The minimum Gasteiger partial charge on any atom is -0.256 e. The van der Waals surface area contributed by atoms with E-state index in [-0.39, 0.29) is 5.41 Å². The van der Waals surface area contributed by atoms with Gasteiger partial charge < -0.3 is 0 Å². The Morgan fingerprint density at radius 2 is 1.52 bits per heavy atom. The Labute approximate surface area is 139 Å². The van der Waals surface area contributed by atoms with Gasteiger partial charge in [-0.2, -0.15) is 0 Å². The minimum atomic E-state index is 0.120. The van der Waals surface area contributed by atoms with Gasteiger partial charge in [0.1, 0.15) is 0 Å². The highest BCUT2D eigenvalue weighted by molar-refractivity contribution is 5.74. The standard InChI is InChI=1S/C22H23N/c1-16-12-13-21(23-15-16)18-9-7-8-17(14-18)19-10-5-6-11-20(19)22(2,3)4/h5-15H,1-4H3. The highest BCUT2D eigenvalue weighted by Crippen LogP contribution is 2.34. The fraction of sp³-hybridized carbons (Fsp3) is 0.227. The Kier molecular flexibility index (Phi) is 4.04. The van der Waals surface area contributed by atoms with Crippen molar-refractivity contribution in [2.24, 2.45) is 0 Å². The highest BCUT2D eigenvalue weighted by atomic mass is 14.7. The zero-order chi connectivity index (χ0) is 16.4. The molecule has 3 aromatic rings. The van der Waals surface area contributed by atoms with Gasteiger partial charge in [-0.05, 0) is 46.7 Å². The lowest BCUT2D eigenvalue weighted by atomic mass is 9.81. The van der Waals surface area contributed by atoms with Gasteiger partial charge in [0.25, 0.3) is 0 Å². The van der Waals surface area contributed by atoms with E-state index in [4.69, 9.17) is 0 Å². The molecule has 0 bridgehead atoms. The molecule has 0 amide bonds. The molecule has 0 N–H and O–H groups in total. The van der Waals surface area contributed by atoms with E-state index < -0.39 is 0 Å². The average Bonchev–Trinajstić information content (AvgIpc) is 2.55. The number of aryl methyl sites for hydroxylation is 1. The van der Waals surface area contributed by atoms with Crippen LogP contribution in [0.2, 0.25) is 0 Å². The number of aromatic nitrogens is 1. The van der Waals surface area contributed by atoms with Crippen LogP contribution in [0, 0.1) is 6.92 Å². The molecule has 1 nitrogen and oxygen atoms in total. The third-order valence-corrected chi connectivity index (χ3v) is 4.12. The first-order valence-electron chi connectivity index (χ1n) is 8.08. The van der Waals surface area contributed by atoms with Gasteiger partial charge in [0.05, 0.1) is 5.69 Å². The van der Waals surface area contributed by atoms with Crippen molar-refractivity contribution in [1.82, 2.24) is 4.98 Å². The Morgan fingerprint density at radius 3 is 2.22 bits per heavy atom. The van der Waals surface area contributed by atoms with Crippen LogP contribution >= 0.6 is 0 Å². The molecule has 3 rings (SSSR count). The van der Waals surface area contributed by atoms with Crippen LogP contribution in [-0.4, -0.2) is 4.98 Å². The second-order valence-corrected chi connectivity index (χ2v) is 7.10. The lowest BCUT2D eigenvalue weighted by Crippen LogP contribution is -2.12. The van der Waals surface area contributed by atoms with E-state index in [0.29, 0.717) is 0 Å². The topological polar surface area (TPSA) is 12.9 Å². The van der Waals surface area contributed by atoms with Crippen LogP contribution in [0.4, 0.5) is 0 Å². The quantitative estimate of drug-likeness (QED) is 0.564. The van der Waals surface area contributed by atoms with E-state index in [0.717, 1.165) is 11.3 Å². The number of benzene rings is 2. The van der Waals surface area contributed by atoms with Gasteiger partial charge >= 0.3 is 0 Å². The van der Waals surface area contributed by atoms with E-state index in [1.54, 1.807) is 0 Å². The molecule has 2 aromatic carbocycles. The number of rotatable bonds is 2. The summed E-state index contributed by atoms with van der Waals surface area (Å²) in [4.78, 5) is 4.55. The van der Waals surface area contributed by atoms with Gasteiger partial charge in [0.15, 0.2) is 0 Å². The highest BCUT2D eigenvalue weighted by Gasteiger charge is 2.18. The van der Waals surface area contributed by atoms with Crippen LogP contribution in [0.15, 0.2) is 66.9 Å². The largest absolute Gasteiger partial charge is 0.256 e. The second kappa shape index (κ2) is 6.00.